The summed E-state index contributed by atoms with van der Waals surface area (Å²) in [5.41, 5.74) is 9.48. The standard InChI is InChI=1S/C56H34N4OSi/c1-58-38-14-11-17-43(32-38)62(42-16-10-13-37(31-42)36-57,41-29-27-39(28-30-41)59-51-23-6-2-19-45(51)46-20-3-7-24-52(46)59)44-18-12-15-40(33-44)60-53-25-8-4-21-47(53)49-35-56-50(34-54(49)60)48-22-5-9-26-55(48)61-56/h2-35H. The first-order valence-corrected chi connectivity index (χ1v) is 22.7. The van der Waals surface area contributed by atoms with E-state index in [0.29, 0.717) is 11.3 Å². The van der Waals surface area contributed by atoms with Crippen molar-refractivity contribution in [3.05, 3.63) is 223 Å². The number of nitrogens with zero attached hydrogens (tertiary/aromatic N) is 4. The smallest absolute Gasteiger partial charge is 0.187 e. The van der Waals surface area contributed by atoms with E-state index in [-0.39, 0.29) is 0 Å². The SMILES string of the molecule is [C-]#[N+]c1cccc([Si](c2ccc(-n3c4ccccc4c4ccccc43)cc2)(c2cccc(C#N)c2)c2cccc(-n3c4ccccc4c4cc5oc6ccccc6c5cc43)c2)c1. The third-order valence-electron chi connectivity index (χ3n) is 12.7. The number of fused-ring (bicyclic) bond motifs is 9. The predicted octanol–water partition coefficient (Wildman–Crippen LogP) is 11.6. The fraction of sp³-hybridized carbons (Fsp3) is 0. The minimum Gasteiger partial charge on any atom is -0.456 e. The third kappa shape index (κ3) is 5.18. The minimum absolute atomic E-state index is 0.577. The number of hydrogen-bond acceptors (Lipinski definition) is 2. The van der Waals surface area contributed by atoms with Crippen LogP contribution in [-0.4, -0.2) is 17.2 Å². The number of nitriles is 1. The highest BCUT2D eigenvalue weighted by Crippen LogP contribution is 2.38. The largest absolute Gasteiger partial charge is 0.456 e. The highest BCUT2D eigenvalue weighted by Gasteiger charge is 2.42. The highest BCUT2D eigenvalue weighted by atomic mass is 28.3. The molecular weight excluding hydrogens is 773 g/mol. The Balaban J connectivity index is 1.15. The molecule has 0 aliphatic rings. The van der Waals surface area contributed by atoms with Gasteiger partial charge in [-0.1, -0.05) is 139 Å². The van der Waals surface area contributed by atoms with Crippen LogP contribution in [0.3, 0.4) is 0 Å². The van der Waals surface area contributed by atoms with E-state index in [1.54, 1.807) is 0 Å². The van der Waals surface area contributed by atoms with Crippen molar-refractivity contribution in [1.29, 1.82) is 5.26 Å². The summed E-state index contributed by atoms with van der Waals surface area (Å²) >= 11 is 0. The lowest BCUT2D eigenvalue weighted by molar-refractivity contribution is 0.669. The number of aromatic nitrogens is 2. The van der Waals surface area contributed by atoms with Crippen molar-refractivity contribution >= 4 is 100 Å². The van der Waals surface area contributed by atoms with Crippen LogP contribution < -0.4 is 20.7 Å². The highest BCUT2D eigenvalue weighted by molar-refractivity contribution is 7.20. The van der Waals surface area contributed by atoms with E-state index in [0.717, 1.165) is 86.9 Å². The molecule has 0 fully saturated rings. The molecule has 12 aromatic rings. The lowest BCUT2D eigenvalue weighted by Crippen LogP contribution is -2.74. The second-order valence-electron chi connectivity index (χ2n) is 15.9. The summed E-state index contributed by atoms with van der Waals surface area (Å²) in [7, 11) is -3.29. The second-order valence-corrected chi connectivity index (χ2v) is 19.7. The van der Waals surface area contributed by atoms with Crippen molar-refractivity contribution in [3.8, 4) is 17.4 Å². The van der Waals surface area contributed by atoms with Gasteiger partial charge in [-0.25, -0.2) is 4.85 Å². The maximum atomic E-state index is 10.3. The van der Waals surface area contributed by atoms with E-state index in [4.69, 9.17) is 11.0 Å². The molecule has 0 aliphatic carbocycles. The van der Waals surface area contributed by atoms with Gasteiger partial charge in [-0.2, -0.15) is 5.26 Å². The molecule has 0 amide bonds. The quantitative estimate of drug-likeness (QED) is 0.0955. The molecule has 0 radical (unpaired) electrons. The molecule has 9 aromatic carbocycles. The van der Waals surface area contributed by atoms with Gasteiger partial charge in [0.1, 0.15) is 11.2 Å². The zero-order valence-electron chi connectivity index (χ0n) is 33.3. The lowest BCUT2D eigenvalue weighted by atomic mass is 10.1. The molecule has 1 atom stereocenters. The van der Waals surface area contributed by atoms with E-state index >= 15 is 0 Å². The van der Waals surface area contributed by atoms with Gasteiger partial charge in [-0.3, -0.25) is 0 Å². The number of hydrogen-bond donors (Lipinski definition) is 0. The van der Waals surface area contributed by atoms with Crippen molar-refractivity contribution in [2.75, 3.05) is 0 Å². The molecule has 62 heavy (non-hydrogen) atoms. The molecule has 0 spiro atoms. The number of rotatable bonds is 6. The molecule has 6 heteroatoms. The second kappa shape index (κ2) is 13.8. The molecule has 3 heterocycles. The van der Waals surface area contributed by atoms with Gasteiger partial charge in [0.2, 0.25) is 0 Å². The van der Waals surface area contributed by atoms with Gasteiger partial charge < -0.3 is 13.6 Å². The Labute approximate surface area is 358 Å². The summed E-state index contributed by atoms with van der Waals surface area (Å²) in [4.78, 5) is 3.94. The number of para-hydroxylation sites is 4. The molecule has 0 saturated heterocycles. The monoisotopic (exact) mass is 806 g/mol. The van der Waals surface area contributed by atoms with Crippen LogP contribution in [0, 0.1) is 17.9 Å². The molecule has 1 unspecified atom stereocenters. The maximum Gasteiger partial charge on any atom is 0.187 e. The summed E-state index contributed by atoms with van der Waals surface area (Å²) in [5, 5.41) is 21.6. The van der Waals surface area contributed by atoms with Gasteiger partial charge in [0.25, 0.3) is 0 Å². The van der Waals surface area contributed by atoms with Crippen LogP contribution in [0.15, 0.2) is 211 Å². The van der Waals surface area contributed by atoms with E-state index in [1.807, 2.05) is 36.4 Å². The van der Waals surface area contributed by atoms with Crippen LogP contribution in [0.25, 0.3) is 81.8 Å². The first-order valence-electron chi connectivity index (χ1n) is 20.7. The van der Waals surface area contributed by atoms with Crippen molar-refractivity contribution in [2.24, 2.45) is 0 Å². The average molecular weight is 807 g/mol. The van der Waals surface area contributed by atoms with Crippen LogP contribution >= 0.6 is 0 Å². The van der Waals surface area contributed by atoms with E-state index < -0.39 is 8.07 Å². The Bertz CT molecular complexity index is 3750. The van der Waals surface area contributed by atoms with Crippen molar-refractivity contribution in [3.63, 3.8) is 0 Å². The summed E-state index contributed by atoms with van der Waals surface area (Å²) in [5.74, 6) is 0. The summed E-state index contributed by atoms with van der Waals surface area (Å²) in [6.07, 6.45) is 0. The lowest BCUT2D eigenvalue weighted by Gasteiger charge is -2.35. The first kappa shape index (κ1) is 35.5. The predicted molar refractivity (Wildman–Crippen MR) is 257 cm³/mol. The van der Waals surface area contributed by atoms with Crippen molar-refractivity contribution < 1.29 is 4.42 Å². The average Bonchev–Trinajstić information content (AvgIpc) is 3.99. The molecule has 0 saturated carbocycles. The maximum absolute atomic E-state index is 10.3. The number of benzene rings is 9. The third-order valence-corrected chi connectivity index (χ3v) is 17.4. The van der Waals surface area contributed by atoms with Crippen molar-refractivity contribution in [2.45, 2.75) is 0 Å². The molecule has 0 aliphatic heterocycles. The van der Waals surface area contributed by atoms with Gasteiger partial charge in [0.05, 0.1) is 40.3 Å². The zero-order valence-corrected chi connectivity index (χ0v) is 34.3. The van der Waals surface area contributed by atoms with Gasteiger partial charge in [-0.05, 0) is 88.4 Å². The number of furan rings is 1. The topological polar surface area (TPSA) is 51.1 Å². The Morgan fingerprint density at radius 3 is 1.66 bits per heavy atom. The van der Waals surface area contributed by atoms with Crippen LogP contribution in [0.2, 0.25) is 0 Å². The Kier molecular flexibility index (Phi) is 7.92. The van der Waals surface area contributed by atoms with Gasteiger partial charge >= 0.3 is 0 Å². The van der Waals surface area contributed by atoms with Gasteiger partial charge in [-0.15, -0.1) is 0 Å². The minimum atomic E-state index is -3.29. The Morgan fingerprint density at radius 2 is 0.984 bits per heavy atom. The molecule has 0 N–H and O–H groups in total. The molecule has 0 bridgehead atoms. The van der Waals surface area contributed by atoms with Crippen LogP contribution in [0.4, 0.5) is 5.69 Å². The normalized spacial score (nSPS) is 12.6. The van der Waals surface area contributed by atoms with Crippen molar-refractivity contribution in [1.82, 2.24) is 9.13 Å². The van der Waals surface area contributed by atoms with Crippen LogP contribution in [-0.2, 0) is 0 Å². The summed E-state index contributed by atoms with van der Waals surface area (Å²) in [6, 6.07) is 75.1. The Morgan fingerprint density at radius 1 is 0.419 bits per heavy atom. The zero-order chi connectivity index (χ0) is 41.4. The van der Waals surface area contributed by atoms with Crippen LogP contribution in [0.5, 0.6) is 0 Å². The summed E-state index contributed by atoms with van der Waals surface area (Å²) < 4.78 is 11.1. The fourth-order valence-corrected chi connectivity index (χ4v) is 14.8. The van der Waals surface area contributed by atoms with E-state index in [2.05, 4.69) is 190 Å². The molecule has 5 nitrogen and oxygen atoms in total. The molecule has 288 valence electrons. The van der Waals surface area contributed by atoms with E-state index in [9.17, 15) is 5.26 Å². The first-order chi connectivity index (χ1) is 30.6. The van der Waals surface area contributed by atoms with Gasteiger partial charge in [0, 0.05) is 43.7 Å². The fourth-order valence-electron chi connectivity index (χ4n) is 10.0. The molecule has 12 rings (SSSR count). The van der Waals surface area contributed by atoms with Crippen LogP contribution in [0.1, 0.15) is 5.56 Å². The van der Waals surface area contributed by atoms with Gasteiger partial charge in [0.15, 0.2) is 13.8 Å². The molecule has 3 aromatic heterocycles. The van der Waals surface area contributed by atoms with E-state index in [1.165, 1.54) is 10.8 Å². The Hall–Kier alpha value is -8.42. The summed E-state index contributed by atoms with van der Waals surface area (Å²) in [6.45, 7) is 8.13. The molecular formula is C56H34N4OSi.